The van der Waals surface area contributed by atoms with E-state index in [2.05, 4.69) is 9.90 Å². The van der Waals surface area contributed by atoms with E-state index >= 15 is 0 Å². The summed E-state index contributed by atoms with van der Waals surface area (Å²) in [6.45, 7) is 1.96. The summed E-state index contributed by atoms with van der Waals surface area (Å²) < 4.78 is 0. The van der Waals surface area contributed by atoms with E-state index in [-0.39, 0.29) is 0 Å². The molecule has 0 amide bonds. The Morgan fingerprint density at radius 2 is 2.67 bits per heavy atom. The minimum Gasteiger partial charge on any atom is -0.0307 e. The lowest BCUT2D eigenvalue weighted by molar-refractivity contribution is -0.0658. The fourth-order valence-electron chi connectivity index (χ4n) is 0.282. The van der Waals surface area contributed by atoms with Crippen LogP contribution in [0.5, 0.6) is 0 Å². The van der Waals surface area contributed by atoms with Gasteiger partial charge in [-0.1, -0.05) is 0 Å². The van der Waals surface area contributed by atoms with E-state index in [1.165, 1.54) is 0 Å². The van der Waals surface area contributed by atoms with Crippen molar-refractivity contribution in [3.05, 3.63) is 11.8 Å². The van der Waals surface area contributed by atoms with Gasteiger partial charge in [0.1, 0.15) is 11.3 Å². The highest BCUT2D eigenvalue weighted by molar-refractivity contribution is 5.73. The van der Waals surface area contributed by atoms with Gasteiger partial charge < -0.3 is 0 Å². The third-order valence-corrected chi connectivity index (χ3v) is 0.589. The zero-order chi connectivity index (χ0) is 4.41. The summed E-state index contributed by atoms with van der Waals surface area (Å²) in [7, 11) is 0. The quantitative estimate of drug-likeness (QED) is 0.382. The predicted molar refractivity (Wildman–Crippen MR) is 22.5 cm³/mol. The lowest BCUT2D eigenvalue weighted by Crippen LogP contribution is -1.66. The van der Waals surface area contributed by atoms with Crippen LogP contribution in [0, 0.1) is 0 Å². The maximum atomic E-state index is 3.57. The fraction of sp³-hybridized carbons (Fsp3) is 0.250. The van der Waals surface area contributed by atoms with Crippen molar-refractivity contribution >= 4 is 6.21 Å². The van der Waals surface area contributed by atoms with Gasteiger partial charge in [-0.05, 0) is 6.92 Å². The zero-order valence-corrected chi connectivity index (χ0v) is 3.55. The first-order chi connectivity index (χ1) is 2.89. The molecule has 0 saturated heterocycles. The first kappa shape index (κ1) is 3.32. The summed E-state index contributed by atoms with van der Waals surface area (Å²) in [6, 6.07) is 0. The molecule has 6 heavy (non-hydrogen) atoms. The van der Waals surface area contributed by atoms with Crippen LogP contribution in [0.2, 0.25) is 0 Å². The van der Waals surface area contributed by atoms with Crippen molar-refractivity contribution in [2.24, 2.45) is 5.11 Å². The number of hydrogen-bond donors (Lipinski definition) is 0. The van der Waals surface area contributed by atoms with Gasteiger partial charge in [-0.3, -0.25) is 0 Å². The molecular formula is C4H5N2+. The second kappa shape index (κ2) is 1.07. The van der Waals surface area contributed by atoms with E-state index in [1.54, 1.807) is 12.4 Å². The molecule has 2 heteroatoms. The molecule has 30 valence electrons. The molecule has 1 aliphatic heterocycles. The minimum atomic E-state index is 1.12. The third kappa shape index (κ3) is 0.374. The van der Waals surface area contributed by atoms with Crippen LogP contribution in [-0.2, 0) is 0 Å². The van der Waals surface area contributed by atoms with Crippen LogP contribution in [0.25, 0.3) is 0 Å². The molecular weight excluding hydrogens is 76.1 g/mol. The van der Waals surface area contributed by atoms with E-state index in [1.807, 2.05) is 6.92 Å². The first-order valence-corrected chi connectivity index (χ1v) is 1.79. The van der Waals surface area contributed by atoms with Gasteiger partial charge in [-0.2, -0.15) is 0 Å². The van der Waals surface area contributed by atoms with Gasteiger partial charge in [-0.15, -0.1) is 0 Å². The standard InChI is InChI=1S/C4H5N2/c1-4-2-5-6-3-4/h2-3H,1H3/q+1. The Balaban J connectivity index is 2.88. The van der Waals surface area contributed by atoms with Gasteiger partial charge in [-0.25, -0.2) is 0 Å². The average Bonchev–Trinajstić information content (AvgIpc) is 1.86. The average molecular weight is 81.1 g/mol. The third-order valence-electron chi connectivity index (χ3n) is 0.589. The predicted octanol–water partition coefficient (Wildman–Crippen LogP) is 0.635. The van der Waals surface area contributed by atoms with Gasteiger partial charge in [0.05, 0.1) is 10.4 Å². The Labute approximate surface area is 35.9 Å². The maximum Gasteiger partial charge on any atom is 0.335 e. The molecule has 1 heterocycles. The molecule has 0 N–H and O–H groups in total. The molecule has 1 aliphatic rings. The van der Waals surface area contributed by atoms with Gasteiger partial charge >= 0.3 is 6.21 Å². The summed E-state index contributed by atoms with van der Waals surface area (Å²) in [5, 5.41) is 3.57. The van der Waals surface area contributed by atoms with E-state index in [4.69, 9.17) is 0 Å². The molecule has 0 aromatic carbocycles. The molecule has 1 rings (SSSR count). The summed E-state index contributed by atoms with van der Waals surface area (Å²) in [5.41, 5.74) is 1.12. The van der Waals surface area contributed by atoms with Crippen LogP contribution in [0.4, 0.5) is 0 Å². The highest BCUT2D eigenvalue weighted by Gasteiger charge is 1.95. The van der Waals surface area contributed by atoms with Crippen molar-refractivity contribution in [3.8, 4) is 0 Å². The Hall–Kier alpha value is -0.880. The molecule has 0 atom stereocenters. The van der Waals surface area contributed by atoms with Crippen molar-refractivity contribution in [1.29, 1.82) is 0 Å². The molecule has 0 radical (unpaired) electrons. The summed E-state index contributed by atoms with van der Waals surface area (Å²) in [4.78, 5) is 3.57. The van der Waals surface area contributed by atoms with E-state index in [0.717, 1.165) is 5.57 Å². The Bertz CT molecular complexity index is 138. The second-order valence-electron chi connectivity index (χ2n) is 1.23. The van der Waals surface area contributed by atoms with Gasteiger partial charge in [0.15, 0.2) is 0 Å². The molecule has 0 spiro atoms. The Kier molecular flexibility index (Phi) is 0.592. The van der Waals surface area contributed by atoms with Crippen LogP contribution in [0.3, 0.4) is 0 Å². The van der Waals surface area contributed by atoms with Crippen molar-refractivity contribution in [3.63, 3.8) is 0 Å². The van der Waals surface area contributed by atoms with Crippen LogP contribution in [0.1, 0.15) is 6.92 Å². The highest BCUT2D eigenvalue weighted by atomic mass is 15.0. The second-order valence-corrected chi connectivity index (χ2v) is 1.23. The molecule has 2 nitrogen and oxygen atoms in total. The summed E-state index contributed by atoms with van der Waals surface area (Å²) >= 11 is 0. The number of hydrogen-bond acceptors (Lipinski definition) is 1. The molecule has 0 bridgehead atoms. The Morgan fingerprint density at radius 1 is 1.83 bits per heavy atom. The lowest BCUT2D eigenvalue weighted by atomic mass is 10.4. The molecule has 0 unspecified atom stereocenters. The van der Waals surface area contributed by atoms with Crippen molar-refractivity contribution in [1.82, 2.24) is 0 Å². The van der Waals surface area contributed by atoms with Gasteiger partial charge in [0.2, 0.25) is 0 Å². The lowest BCUT2D eigenvalue weighted by Gasteiger charge is -1.57. The zero-order valence-electron chi connectivity index (χ0n) is 3.55. The number of nitrogens with zero attached hydrogens (tertiary/aromatic N) is 2. The summed E-state index contributed by atoms with van der Waals surface area (Å²) in [6.07, 6.45) is 3.44. The van der Waals surface area contributed by atoms with Crippen LogP contribution >= 0.6 is 0 Å². The van der Waals surface area contributed by atoms with Crippen molar-refractivity contribution in [2.45, 2.75) is 6.92 Å². The van der Waals surface area contributed by atoms with Crippen molar-refractivity contribution < 1.29 is 4.79 Å². The number of rotatable bonds is 0. The SMILES string of the molecule is CC1=CN=[N+]=C1. The molecule has 0 saturated carbocycles. The van der Waals surface area contributed by atoms with Crippen LogP contribution in [0.15, 0.2) is 16.9 Å². The fourth-order valence-corrected chi connectivity index (χ4v) is 0.282. The Morgan fingerprint density at radius 3 is 2.83 bits per heavy atom. The number of allylic oxidation sites excluding steroid dienone is 1. The molecule has 0 fully saturated rings. The summed E-state index contributed by atoms with van der Waals surface area (Å²) in [5.74, 6) is 0. The van der Waals surface area contributed by atoms with E-state index < -0.39 is 0 Å². The van der Waals surface area contributed by atoms with Crippen LogP contribution in [-0.4, -0.2) is 11.0 Å². The normalized spacial score (nSPS) is 15.8. The maximum absolute atomic E-state index is 3.57. The monoisotopic (exact) mass is 81.0 g/mol. The van der Waals surface area contributed by atoms with Gasteiger partial charge in [0.25, 0.3) is 0 Å². The largest absolute Gasteiger partial charge is 0.335 e. The van der Waals surface area contributed by atoms with Gasteiger partial charge in [0, 0.05) is 0 Å². The highest BCUT2D eigenvalue weighted by Crippen LogP contribution is 1.87. The topological polar surface area (TPSA) is 26.5 Å². The molecule has 0 aliphatic carbocycles. The van der Waals surface area contributed by atoms with Crippen LogP contribution < -0.4 is 0 Å². The minimum absolute atomic E-state index is 1.12. The molecule has 0 aromatic rings. The van der Waals surface area contributed by atoms with E-state index in [9.17, 15) is 0 Å². The first-order valence-electron chi connectivity index (χ1n) is 1.79. The smallest absolute Gasteiger partial charge is 0.0307 e. The van der Waals surface area contributed by atoms with Crippen molar-refractivity contribution in [2.75, 3.05) is 0 Å². The van der Waals surface area contributed by atoms with E-state index in [0.29, 0.717) is 0 Å². The molecule has 0 aromatic heterocycles.